The Labute approximate surface area is 144 Å². The van der Waals surface area contributed by atoms with Crippen molar-refractivity contribution in [3.63, 3.8) is 0 Å². The molecule has 2 heterocycles. The highest BCUT2D eigenvalue weighted by Gasteiger charge is 2.31. The van der Waals surface area contributed by atoms with E-state index in [1.54, 1.807) is 18.2 Å². The number of esters is 1. The minimum absolute atomic E-state index is 0.274. The van der Waals surface area contributed by atoms with Crippen LogP contribution in [0.25, 0.3) is 0 Å². The molecule has 0 saturated carbocycles. The van der Waals surface area contributed by atoms with Crippen molar-refractivity contribution in [3.8, 4) is 5.75 Å². The summed E-state index contributed by atoms with van der Waals surface area (Å²) in [5, 5.41) is 0.380. The minimum atomic E-state index is -0.473. The molecular weight excluding hydrogens is 335 g/mol. The Morgan fingerprint density at radius 2 is 2.21 bits per heavy atom. The molecule has 0 radical (unpaired) electrons. The molecule has 0 spiro atoms. The highest BCUT2D eigenvalue weighted by molar-refractivity contribution is 6.30. The zero-order valence-electron chi connectivity index (χ0n) is 13.0. The molecular formula is C17H16ClFN2O3. The van der Waals surface area contributed by atoms with Gasteiger partial charge in [-0.25, -0.2) is 14.2 Å². The van der Waals surface area contributed by atoms with E-state index in [0.717, 1.165) is 0 Å². The van der Waals surface area contributed by atoms with Gasteiger partial charge in [-0.3, -0.25) is 0 Å². The van der Waals surface area contributed by atoms with Crippen LogP contribution in [0, 0.1) is 11.7 Å². The van der Waals surface area contributed by atoms with E-state index in [1.165, 1.54) is 25.4 Å². The Morgan fingerprint density at radius 3 is 2.92 bits per heavy atom. The molecule has 0 atom stereocenters. The van der Waals surface area contributed by atoms with Gasteiger partial charge in [-0.2, -0.15) is 0 Å². The van der Waals surface area contributed by atoms with E-state index in [-0.39, 0.29) is 11.7 Å². The van der Waals surface area contributed by atoms with Gasteiger partial charge in [0.25, 0.3) is 0 Å². The van der Waals surface area contributed by atoms with E-state index in [2.05, 4.69) is 4.98 Å². The number of carbonyl (C=O) groups is 1. The maximum absolute atomic E-state index is 13.1. The fraction of sp³-hybridized carbons (Fsp3) is 0.294. The minimum Gasteiger partial charge on any atom is -0.493 e. The molecule has 126 valence electrons. The molecule has 5 nitrogen and oxygen atoms in total. The number of benzene rings is 1. The molecule has 0 bridgehead atoms. The average Bonchev–Trinajstić information content (AvgIpc) is 2.53. The molecule has 3 rings (SSSR count). The van der Waals surface area contributed by atoms with Crippen LogP contribution in [0.15, 0.2) is 36.5 Å². The van der Waals surface area contributed by atoms with E-state index in [0.29, 0.717) is 41.8 Å². The van der Waals surface area contributed by atoms with Crippen LogP contribution in [0.5, 0.6) is 5.75 Å². The van der Waals surface area contributed by atoms with Gasteiger partial charge in [-0.15, -0.1) is 0 Å². The van der Waals surface area contributed by atoms with Gasteiger partial charge in [0.05, 0.1) is 18.7 Å². The summed E-state index contributed by atoms with van der Waals surface area (Å²) in [5.74, 6) is 0.535. The van der Waals surface area contributed by atoms with Gasteiger partial charge in [0.2, 0.25) is 0 Å². The quantitative estimate of drug-likeness (QED) is 0.775. The first-order valence-corrected chi connectivity index (χ1v) is 7.82. The van der Waals surface area contributed by atoms with E-state index in [1.807, 2.05) is 4.90 Å². The lowest BCUT2D eigenvalue weighted by Gasteiger charge is -2.40. The summed E-state index contributed by atoms with van der Waals surface area (Å²) in [5.41, 5.74) is 0.342. The summed E-state index contributed by atoms with van der Waals surface area (Å²) < 4.78 is 23.5. The van der Waals surface area contributed by atoms with Crippen molar-refractivity contribution in [2.24, 2.45) is 5.92 Å². The summed E-state index contributed by atoms with van der Waals surface area (Å²) in [6.07, 6.45) is 1.50. The molecule has 0 aliphatic carbocycles. The first kappa shape index (κ1) is 16.5. The zero-order valence-corrected chi connectivity index (χ0v) is 13.8. The van der Waals surface area contributed by atoms with Gasteiger partial charge in [0.1, 0.15) is 22.9 Å². The Balaban J connectivity index is 1.59. The number of nitrogens with zero attached hydrogens (tertiary/aromatic N) is 2. The van der Waals surface area contributed by atoms with E-state index >= 15 is 0 Å². The van der Waals surface area contributed by atoms with Crippen LogP contribution in [0.4, 0.5) is 10.2 Å². The molecule has 0 unspecified atom stereocenters. The van der Waals surface area contributed by atoms with Crippen molar-refractivity contribution in [2.45, 2.75) is 0 Å². The third-order valence-electron chi connectivity index (χ3n) is 3.78. The SMILES string of the molecule is COC(=O)c1cc(Cl)cnc1N1CC(COc2cccc(F)c2)C1. The molecule has 1 aliphatic heterocycles. The summed E-state index contributed by atoms with van der Waals surface area (Å²) in [6.45, 7) is 1.85. The van der Waals surface area contributed by atoms with Gasteiger partial charge < -0.3 is 14.4 Å². The predicted octanol–water partition coefficient (Wildman–Crippen LogP) is 3.18. The van der Waals surface area contributed by atoms with Crippen LogP contribution < -0.4 is 9.64 Å². The molecule has 1 aliphatic rings. The van der Waals surface area contributed by atoms with E-state index in [4.69, 9.17) is 21.1 Å². The van der Waals surface area contributed by atoms with Crippen molar-refractivity contribution in [1.29, 1.82) is 0 Å². The Morgan fingerprint density at radius 1 is 1.42 bits per heavy atom. The maximum Gasteiger partial charge on any atom is 0.341 e. The Hall–Kier alpha value is -2.34. The summed E-state index contributed by atoms with van der Waals surface area (Å²) in [4.78, 5) is 18.0. The first-order valence-electron chi connectivity index (χ1n) is 7.44. The molecule has 7 heteroatoms. The van der Waals surface area contributed by atoms with Crippen LogP contribution in [-0.2, 0) is 4.74 Å². The summed E-state index contributed by atoms with van der Waals surface area (Å²) in [6, 6.07) is 7.60. The number of ether oxygens (including phenoxy) is 2. The van der Waals surface area contributed by atoms with Crippen molar-refractivity contribution in [3.05, 3.63) is 52.9 Å². The highest BCUT2D eigenvalue weighted by atomic mass is 35.5. The summed E-state index contributed by atoms with van der Waals surface area (Å²) in [7, 11) is 1.32. The fourth-order valence-corrected chi connectivity index (χ4v) is 2.72. The number of halogens is 2. The molecule has 0 N–H and O–H groups in total. The smallest absolute Gasteiger partial charge is 0.341 e. The first-order chi connectivity index (χ1) is 11.6. The van der Waals surface area contributed by atoms with Crippen molar-refractivity contribution in [1.82, 2.24) is 4.98 Å². The van der Waals surface area contributed by atoms with Crippen molar-refractivity contribution < 1.29 is 18.7 Å². The normalized spacial score (nSPS) is 14.2. The maximum atomic E-state index is 13.1. The fourth-order valence-electron chi connectivity index (χ4n) is 2.56. The number of hydrogen-bond donors (Lipinski definition) is 0. The monoisotopic (exact) mass is 350 g/mol. The topological polar surface area (TPSA) is 51.7 Å². The lowest BCUT2D eigenvalue weighted by Crippen LogP contribution is -2.50. The van der Waals surface area contributed by atoms with E-state index < -0.39 is 5.97 Å². The number of rotatable bonds is 5. The van der Waals surface area contributed by atoms with Gasteiger partial charge in [0.15, 0.2) is 0 Å². The lowest BCUT2D eigenvalue weighted by atomic mass is 10.0. The van der Waals surface area contributed by atoms with Gasteiger partial charge >= 0.3 is 5.97 Å². The molecule has 2 aromatic rings. The third kappa shape index (κ3) is 3.59. The molecule has 1 aromatic heterocycles. The standard InChI is InChI=1S/C17H16ClFN2O3/c1-23-17(22)15-5-12(18)7-20-16(15)21-8-11(9-21)10-24-14-4-2-3-13(19)6-14/h2-7,11H,8-10H2,1H3. The molecule has 24 heavy (non-hydrogen) atoms. The number of hydrogen-bond acceptors (Lipinski definition) is 5. The zero-order chi connectivity index (χ0) is 17.1. The van der Waals surface area contributed by atoms with E-state index in [9.17, 15) is 9.18 Å². The Bertz CT molecular complexity index is 750. The Kier molecular flexibility index (Phi) is 4.85. The molecule has 1 aromatic carbocycles. The largest absolute Gasteiger partial charge is 0.493 e. The number of aromatic nitrogens is 1. The van der Waals surface area contributed by atoms with Gasteiger partial charge in [0, 0.05) is 31.3 Å². The number of methoxy groups -OCH3 is 1. The lowest BCUT2D eigenvalue weighted by molar-refractivity contribution is 0.0600. The van der Waals surface area contributed by atoms with Crippen LogP contribution in [0.3, 0.4) is 0 Å². The van der Waals surface area contributed by atoms with Crippen LogP contribution >= 0.6 is 11.6 Å². The van der Waals surface area contributed by atoms with Crippen LogP contribution in [-0.4, -0.2) is 37.8 Å². The number of anilines is 1. The number of pyridine rings is 1. The van der Waals surface area contributed by atoms with Crippen LogP contribution in [0.1, 0.15) is 10.4 Å². The molecule has 1 saturated heterocycles. The van der Waals surface area contributed by atoms with Crippen LogP contribution in [0.2, 0.25) is 5.02 Å². The third-order valence-corrected chi connectivity index (χ3v) is 3.98. The molecule has 0 amide bonds. The second kappa shape index (κ2) is 7.05. The van der Waals surface area contributed by atoms with Crippen molar-refractivity contribution >= 4 is 23.4 Å². The van der Waals surface area contributed by atoms with Crippen molar-refractivity contribution in [2.75, 3.05) is 31.7 Å². The highest BCUT2D eigenvalue weighted by Crippen LogP contribution is 2.28. The average molecular weight is 351 g/mol. The molecule has 1 fully saturated rings. The van der Waals surface area contributed by atoms with Gasteiger partial charge in [-0.1, -0.05) is 17.7 Å². The number of carbonyl (C=O) groups excluding carboxylic acids is 1. The second-order valence-electron chi connectivity index (χ2n) is 5.56. The predicted molar refractivity (Wildman–Crippen MR) is 88.2 cm³/mol. The second-order valence-corrected chi connectivity index (χ2v) is 5.99. The van der Waals surface area contributed by atoms with Gasteiger partial charge in [-0.05, 0) is 18.2 Å². The summed E-state index contributed by atoms with van der Waals surface area (Å²) >= 11 is 5.90.